The number of aryl methyl sites for hydroxylation is 1. The quantitative estimate of drug-likeness (QED) is 0.906. The van der Waals surface area contributed by atoms with Gasteiger partial charge in [-0.2, -0.15) is 0 Å². The molecule has 1 aliphatic heterocycles. The number of nitrogens with one attached hydrogen (secondary N) is 1. The predicted molar refractivity (Wildman–Crippen MR) is 83.7 cm³/mol. The molecule has 0 bridgehead atoms. The van der Waals surface area contributed by atoms with Crippen molar-refractivity contribution in [1.82, 2.24) is 14.8 Å². The number of amides is 2. The molecule has 2 amide bonds. The van der Waals surface area contributed by atoms with E-state index in [1.807, 2.05) is 0 Å². The molecule has 6 heteroatoms. The van der Waals surface area contributed by atoms with Gasteiger partial charge in [-0.3, -0.25) is 14.4 Å². The zero-order valence-corrected chi connectivity index (χ0v) is 13.5. The Morgan fingerprint density at radius 2 is 2.00 bits per heavy atom. The molecule has 0 aromatic carbocycles. The highest BCUT2D eigenvalue weighted by Crippen LogP contribution is 2.15. The van der Waals surface area contributed by atoms with Crippen molar-refractivity contribution >= 4 is 11.8 Å². The first-order valence-electron chi connectivity index (χ1n) is 7.60. The van der Waals surface area contributed by atoms with Gasteiger partial charge >= 0.3 is 0 Å². The van der Waals surface area contributed by atoms with Crippen LogP contribution in [0.25, 0.3) is 0 Å². The van der Waals surface area contributed by atoms with E-state index in [4.69, 9.17) is 0 Å². The number of rotatable bonds is 3. The van der Waals surface area contributed by atoms with Crippen LogP contribution in [0.1, 0.15) is 37.0 Å². The van der Waals surface area contributed by atoms with Crippen LogP contribution in [-0.4, -0.2) is 52.3 Å². The smallest absolute Gasteiger partial charge is 0.271 e. The van der Waals surface area contributed by atoms with Crippen LogP contribution < -0.4 is 5.43 Å². The third-order valence-electron chi connectivity index (χ3n) is 3.80. The lowest BCUT2D eigenvalue weighted by atomic mass is 10.1. The second-order valence-electron chi connectivity index (χ2n) is 6.27. The van der Waals surface area contributed by atoms with Crippen LogP contribution >= 0.6 is 0 Å². The van der Waals surface area contributed by atoms with E-state index in [1.165, 1.54) is 17.0 Å². The molecule has 0 saturated carbocycles. The molecule has 1 unspecified atom stereocenters. The third-order valence-corrected chi connectivity index (χ3v) is 3.80. The highest BCUT2D eigenvalue weighted by Gasteiger charge is 2.35. The molecule has 6 nitrogen and oxygen atoms in total. The van der Waals surface area contributed by atoms with Crippen LogP contribution in [0.3, 0.4) is 0 Å². The van der Waals surface area contributed by atoms with Gasteiger partial charge in [0.1, 0.15) is 11.7 Å². The summed E-state index contributed by atoms with van der Waals surface area (Å²) in [6.45, 7) is 9.30. The summed E-state index contributed by atoms with van der Waals surface area (Å²) in [5.41, 5.74) is 0.659. The van der Waals surface area contributed by atoms with E-state index in [-0.39, 0.29) is 22.9 Å². The number of pyridine rings is 1. The molecule has 1 fully saturated rings. The number of aromatic nitrogens is 1. The van der Waals surface area contributed by atoms with E-state index in [1.54, 1.807) is 18.7 Å². The Hall–Kier alpha value is -2.11. The minimum Gasteiger partial charge on any atom is -0.354 e. The maximum atomic E-state index is 12.6. The van der Waals surface area contributed by atoms with Gasteiger partial charge in [0, 0.05) is 37.5 Å². The Kier molecular flexibility index (Phi) is 4.68. The SMILES string of the molecule is Cc1cc(=O)cc(C(=O)N2CCN(CC(C)C)C(=O)C2C)[nH]1. The summed E-state index contributed by atoms with van der Waals surface area (Å²) in [7, 11) is 0. The van der Waals surface area contributed by atoms with E-state index >= 15 is 0 Å². The van der Waals surface area contributed by atoms with Crippen molar-refractivity contribution in [3.63, 3.8) is 0 Å². The van der Waals surface area contributed by atoms with Gasteiger partial charge in [0.25, 0.3) is 5.91 Å². The maximum absolute atomic E-state index is 12.6. The molecule has 1 aromatic rings. The lowest BCUT2D eigenvalue weighted by Gasteiger charge is -2.39. The van der Waals surface area contributed by atoms with Gasteiger partial charge in [-0.05, 0) is 19.8 Å². The molecule has 0 radical (unpaired) electrons. The molecule has 22 heavy (non-hydrogen) atoms. The van der Waals surface area contributed by atoms with Crippen LogP contribution in [0.4, 0.5) is 0 Å². The minimum absolute atomic E-state index is 0.0386. The van der Waals surface area contributed by atoms with E-state index in [9.17, 15) is 14.4 Å². The topological polar surface area (TPSA) is 73.5 Å². The maximum Gasteiger partial charge on any atom is 0.271 e. The highest BCUT2D eigenvalue weighted by molar-refractivity contribution is 5.96. The average Bonchev–Trinajstić information content (AvgIpc) is 2.42. The number of H-pyrrole nitrogens is 1. The standard InChI is InChI=1S/C16H23N3O3/c1-10(2)9-18-5-6-19(12(4)15(18)21)16(22)14-8-13(20)7-11(3)17-14/h7-8,10,12H,5-6,9H2,1-4H3,(H,17,20). The molecule has 1 aliphatic rings. The average molecular weight is 305 g/mol. The molecule has 120 valence electrons. The largest absolute Gasteiger partial charge is 0.354 e. The van der Waals surface area contributed by atoms with E-state index in [0.717, 1.165) is 0 Å². The van der Waals surface area contributed by atoms with Crippen LogP contribution in [0.2, 0.25) is 0 Å². The molecule has 1 N–H and O–H groups in total. The van der Waals surface area contributed by atoms with Crippen LogP contribution in [-0.2, 0) is 4.79 Å². The summed E-state index contributed by atoms with van der Waals surface area (Å²) in [4.78, 5) is 42.8. The van der Waals surface area contributed by atoms with Crippen LogP contribution in [0, 0.1) is 12.8 Å². The van der Waals surface area contributed by atoms with Crippen molar-refractivity contribution < 1.29 is 9.59 Å². The molecule has 1 aromatic heterocycles. The van der Waals surface area contributed by atoms with Gasteiger partial charge in [0.2, 0.25) is 5.91 Å². The van der Waals surface area contributed by atoms with Gasteiger partial charge in [-0.1, -0.05) is 13.8 Å². The summed E-state index contributed by atoms with van der Waals surface area (Å²) in [6, 6.07) is 2.21. The molecular weight excluding hydrogens is 282 g/mol. The number of piperazine rings is 1. The summed E-state index contributed by atoms with van der Waals surface area (Å²) >= 11 is 0. The Morgan fingerprint density at radius 3 is 2.59 bits per heavy atom. The van der Waals surface area contributed by atoms with E-state index in [2.05, 4.69) is 18.8 Å². The first kappa shape index (κ1) is 16.3. The fourth-order valence-electron chi connectivity index (χ4n) is 2.78. The van der Waals surface area contributed by atoms with Crippen molar-refractivity contribution in [3.05, 3.63) is 33.7 Å². The number of aromatic amines is 1. The minimum atomic E-state index is -0.510. The molecular formula is C16H23N3O3. The Balaban J connectivity index is 2.18. The Morgan fingerprint density at radius 1 is 1.32 bits per heavy atom. The molecule has 0 aliphatic carbocycles. The van der Waals surface area contributed by atoms with Crippen molar-refractivity contribution in [2.24, 2.45) is 5.92 Å². The van der Waals surface area contributed by atoms with Crippen LogP contribution in [0.15, 0.2) is 16.9 Å². The summed E-state index contributed by atoms with van der Waals surface area (Å²) in [5.74, 6) is 0.0562. The van der Waals surface area contributed by atoms with Crippen molar-refractivity contribution in [1.29, 1.82) is 0 Å². The first-order chi connectivity index (χ1) is 10.3. The summed E-state index contributed by atoms with van der Waals surface area (Å²) in [5, 5.41) is 0. The number of carbonyl (C=O) groups is 2. The molecule has 0 spiro atoms. The van der Waals surface area contributed by atoms with Gasteiger partial charge in [0.05, 0.1) is 0 Å². The fourth-order valence-corrected chi connectivity index (χ4v) is 2.78. The molecule has 2 rings (SSSR count). The van der Waals surface area contributed by atoms with E-state index in [0.29, 0.717) is 31.2 Å². The second kappa shape index (κ2) is 6.34. The first-order valence-corrected chi connectivity index (χ1v) is 7.60. The lowest BCUT2D eigenvalue weighted by molar-refractivity contribution is -0.140. The number of hydrogen-bond donors (Lipinski definition) is 1. The lowest BCUT2D eigenvalue weighted by Crippen LogP contribution is -2.58. The van der Waals surface area contributed by atoms with E-state index < -0.39 is 6.04 Å². The van der Waals surface area contributed by atoms with Gasteiger partial charge in [-0.15, -0.1) is 0 Å². The van der Waals surface area contributed by atoms with Crippen molar-refractivity contribution in [2.45, 2.75) is 33.7 Å². The number of carbonyl (C=O) groups excluding carboxylic acids is 2. The Labute approximate surface area is 130 Å². The van der Waals surface area contributed by atoms with Crippen molar-refractivity contribution in [3.8, 4) is 0 Å². The second-order valence-corrected chi connectivity index (χ2v) is 6.27. The zero-order chi connectivity index (χ0) is 16.4. The van der Waals surface area contributed by atoms with Crippen LogP contribution in [0.5, 0.6) is 0 Å². The highest BCUT2D eigenvalue weighted by atomic mass is 16.2. The molecule has 1 atom stereocenters. The third kappa shape index (κ3) is 3.37. The number of hydrogen-bond acceptors (Lipinski definition) is 3. The van der Waals surface area contributed by atoms with Gasteiger partial charge in [0.15, 0.2) is 5.43 Å². The monoisotopic (exact) mass is 305 g/mol. The zero-order valence-electron chi connectivity index (χ0n) is 13.5. The predicted octanol–water partition coefficient (Wildman–Crippen LogP) is 1.01. The van der Waals surface area contributed by atoms with Crippen molar-refractivity contribution in [2.75, 3.05) is 19.6 Å². The van der Waals surface area contributed by atoms with Gasteiger partial charge in [-0.25, -0.2) is 0 Å². The fraction of sp³-hybridized carbons (Fsp3) is 0.562. The van der Waals surface area contributed by atoms with Gasteiger partial charge < -0.3 is 14.8 Å². The summed E-state index contributed by atoms with van der Waals surface area (Å²) < 4.78 is 0. The summed E-state index contributed by atoms with van der Waals surface area (Å²) in [6.07, 6.45) is 0. The molecule has 1 saturated heterocycles. The molecule has 2 heterocycles. The normalized spacial score (nSPS) is 19.0. The number of nitrogens with zero attached hydrogens (tertiary/aromatic N) is 2. The Bertz CT molecular complexity index is 636.